The summed E-state index contributed by atoms with van der Waals surface area (Å²) in [4.78, 5) is 3.97. The van der Waals surface area contributed by atoms with Crippen LogP contribution in [0.4, 0.5) is 8.78 Å². The first-order valence-electron chi connectivity index (χ1n) is 5.85. The number of nitrogens with zero attached hydrogens (tertiary/aromatic N) is 1. The van der Waals surface area contributed by atoms with Crippen LogP contribution in [0.15, 0.2) is 17.1 Å². The second kappa shape index (κ2) is 10.2. The minimum absolute atomic E-state index is 0. The summed E-state index contributed by atoms with van der Waals surface area (Å²) in [6.07, 6.45) is 0. The molecule has 0 spiro atoms. The van der Waals surface area contributed by atoms with E-state index in [-0.39, 0.29) is 41.3 Å². The largest absolute Gasteiger partial charge is 0.433 e. The van der Waals surface area contributed by atoms with Crippen LogP contribution in [-0.4, -0.2) is 26.2 Å². The SMILES string of the molecule is CCNC(=NC)NCc1cc(Cl)cc(Cl)c1OC(F)F.I. The smallest absolute Gasteiger partial charge is 0.387 e. The number of ether oxygens (including phenoxy) is 1. The molecule has 0 heterocycles. The average molecular weight is 454 g/mol. The number of benzene rings is 1. The molecule has 9 heteroatoms. The van der Waals surface area contributed by atoms with Gasteiger partial charge in [0.05, 0.1) is 5.02 Å². The quantitative estimate of drug-likeness (QED) is 0.404. The molecule has 0 aliphatic carbocycles. The monoisotopic (exact) mass is 453 g/mol. The fraction of sp³-hybridized carbons (Fsp3) is 0.417. The van der Waals surface area contributed by atoms with Gasteiger partial charge >= 0.3 is 6.61 Å². The standard InChI is InChI=1S/C12H15Cl2F2N3O.HI/c1-3-18-12(17-2)19-6-7-4-8(13)5-9(14)10(7)20-11(15)16;/h4-5,11H,3,6H2,1-2H3,(H2,17,18,19);1H. The van der Waals surface area contributed by atoms with Crippen molar-refractivity contribution in [1.82, 2.24) is 10.6 Å². The Morgan fingerprint density at radius 2 is 2.00 bits per heavy atom. The van der Waals surface area contributed by atoms with E-state index >= 15 is 0 Å². The summed E-state index contributed by atoms with van der Waals surface area (Å²) in [7, 11) is 1.60. The minimum Gasteiger partial charge on any atom is -0.433 e. The molecule has 0 fully saturated rings. The van der Waals surface area contributed by atoms with Gasteiger partial charge in [-0.15, -0.1) is 24.0 Å². The van der Waals surface area contributed by atoms with Crippen LogP contribution in [0.2, 0.25) is 10.0 Å². The molecule has 0 amide bonds. The number of hydrogen-bond acceptors (Lipinski definition) is 2. The number of nitrogens with one attached hydrogen (secondary N) is 2. The van der Waals surface area contributed by atoms with E-state index in [4.69, 9.17) is 23.2 Å². The third-order valence-corrected chi connectivity index (χ3v) is 2.81. The van der Waals surface area contributed by atoms with Crippen LogP contribution in [0.3, 0.4) is 0 Å². The van der Waals surface area contributed by atoms with Crippen molar-refractivity contribution >= 4 is 53.1 Å². The van der Waals surface area contributed by atoms with Crippen molar-refractivity contribution in [3.63, 3.8) is 0 Å². The van der Waals surface area contributed by atoms with Gasteiger partial charge in [0, 0.05) is 30.7 Å². The predicted molar refractivity (Wildman–Crippen MR) is 92.4 cm³/mol. The second-order valence-electron chi connectivity index (χ2n) is 3.71. The molecule has 0 aromatic heterocycles. The van der Waals surface area contributed by atoms with Gasteiger partial charge in [0.25, 0.3) is 0 Å². The van der Waals surface area contributed by atoms with Crippen molar-refractivity contribution in [2.24, 2.45) is 4.99 Å². The lowest BCUT2D eigenvalue weighted by Crippen LogP contribution is -2.36. The van der Waals surface area contributed by atoms with Crippen molar-refractivity contribution in [2.75, 3.05) is 13.6 Å². The lowest BCUT2D eigenvalue weighted by Gasteiger charge is -2.15. The summed E-state index contributed by atoms with van der Waals surface area (Å²) >= 11 is 11.7. The maximum atomic E-state index is 12.4. The van der Waals surface area contributed by atoms with E-state index in [9.17, 15) is 8.78 Å². The molecular formula is C12H16Cl2F2IN3O. The molecule has 120 valence electrons. The van der Waals surface area contributed by atoms with Crippen molar-refractivity contribution in [3.8, 4) is 5.75 Å². The first-order chi connectivity index (χ1) is 9.47. The molecule has 0 saturated heterocycles. The maximum Gasteiger partial charge on any atom is 0.387 e. The van der Waals surface area contributed by atoms with E-state index < -0.39 is 6.61 Å². The highest BCUT2D eigenvalue weighted by molar-refractivity contribution is 14.0. The van der Waals surface area contributed by atoms with Crippen molar-refractivity contribution in [3.05, 3.63) is 27.7 Å². The van der Waals surface area contributed by atoms with Gasteiger partial charge in [-0.1, -0.05) is 23.2 Å². The molecule has 1 aromatic rings. The summed E-state index contributed by atoms with van der Waals surface area (Å²) in [6, 6.07) is 2.86. The second-order valence-corrected chi connectivity index (χ2v) is 4.55. The minimum atomic E-state index is -2.96. The van der Waals surface area contributed by atoms with Crippen LogP contribution in [-0.2, 0) is 6.54 Å². The Hall–Kier alpha value is -0.540. The maximum absolute atomic E-state index is 12.4. The molecule has 4 nitrogen and oxygen atoms in total. The van der Waals surface area contributed by atoms with Gasteiger partial charge in [0.1, 0.15) is 5.75 Å². The Morgan fingerprint density at radius 1 is 1.33 bits per heavy atom. The lowest BCUT2D eigenvalue weighted by atomic mass is 10.2. The summed E-state index contributed by atoms with van der Waals surface area (Å²) in [5.41, 5.74) is 0.418. The Bertz CT molecular complexity index is 490. The van der Waals surface area contributed by atoms with Crippen LogP contribution in [0.25, 0.3) is 0 Å². The third-order valence-electron chi connectivity index (χ3n) is 2.31. The zero-order valence-corrected chi connectivity index (χ0v) is 15.3. The van der Waals surface area contributed by atoms with Crippen LogP contribution in [0, 0.1) is 0 Å². The highest BCUT2D eigenvalue weighted by Gasteiger charge is 2.15. The third kappa shape index (κ3) is 6.84. The van der Waals surface area contributed by atoms with E-state index in [1.165, 1.54) is 12.1 Å². The topological polar surface area (TPSA) is 45.7 Å². The summed E-state index contributed by atoms with van der Waals surface area (Å²) < 4.78 is 29.2. The number of rotatable bonds is 5. The number of guanidine groups is 1. The van der Waals surface area contributed by atoms with Crippen molar-refractivity contribution in [1.29, 1.82) is 0 Å². The van der Waals surface area contributed by atoms with Crippen molar-refractivity contribution in [2.45, 2.75) is 20.1 Å². The molecule has 0 atom stereocenters. The number of alkyl halides is 2. The van der Waals surface area contributed by atoms with Crippen LogP contribution >= 0.6 is 47.2 Å². The average Bonchev–Trinajstić information content (AvgIpc) is 2.37. The number of aliphatic imine (C=N–C) groups is 1. The zero-order chi connectivity index (χ0) is 15.1. The fourth-order valence-corrected chi connectivity index (χ4v) is 2.11. The summed E-state index contributed by atoms with van der Waals surface area (Å²) in [6.45, 7) is -0.173. The molecule has 0 unspecified atom stereocenters. The Balaban J connectivity index is 0.00000400. The molecule has 0 radical (unpaired) electrons. The Kier molecular flexibility index (Phi) is 9.97. The highest BCUT2D eigenvalue weighted by Crippen LogP contribution is 2.33. The van der Waals surface area contributed by atoms with Gasteiger partial charge in [-0.3, -0.25) is 4.99 Å². The zero-order valence-electron chi connectivity index (χ0n) is 11.4. The number of hydrogen-bond donors (Lipinski definition) is 2. The van der Waals surface area contributed by atoms with Gasteiger partial charge in [-0.2, -0.15) is 8.78 Å². The van der Waals surface area contributed by atoms with E-state index in [1.807, 2.05) is 6.92 Å². The summed E-state index contributed by atoms with van der Waals surface area (Å²) in [5.74, 6) is 0.442. The Labute approximate surface area is 149 Å². The van der Waals surface area contributed by atoms with Crippen LogP contribution < -0.4 is 15.4 Å². The lowest BCUT2D eigenvalue weighted by molar-refractivity contribution is -0.0504. The van der Waals surface area contributed by atoms with Gasteiger partial charge < -0.3 is 15.4 Å². The molecule has 1 rings (SSSR count). The predicted octanol–water partition coefficient (Wildman–Crippen LogP) is 3.90. The fourth-order valence-electron chi connectivity index (χ4n) is 1.53. The molecule has 1 aromatic carbocycles. The summed E-state index contributed by atoms with van der Waals surface area (Å²) in [5, 5.41) is 6.30. The molecule has 0 bridgehead atoms. The normalized spacial score (nSPS) is 11.1. The van der Waals surface area contributed by atoms with Gasteiger partial charge in [0.15, 0.2) is 5.96 Å². The van der Waals surface area contributed by atoms with Crippen LogP contribution in [0.1, 0.15) is 12.5 Å². The van der Waals surface area contributed by atoms with E-state index in [0.717, 1.165) is 0 Å². The van der Waals surface area contributed by atoms with Gasteiger partial charge in [-0.05, 0) is 19.1 Å². The molecule has 21 heavy (non-hydrogen) atoms. The van der Waals surface area contributed by atoms with E-state index in [1.54, 1.807) is 7.05 Å². The van der Waals surface area contributed by atoms with Crippen molar-refractivity contribution < 1.29 is 13.5 Å². The molecule has 0 saturated carbocycles. The van der Waals surface area contributed by atoms with Gasteiger partial charge in [0.2, 0.25) is 0 Å². The first-order valence-corrected chi connectivity index (χ1v) is 6.60. The van der Waals surface area contributed by atoms with E-state index in [0.29, 0.717) is 23.1 Å². The van der Waals surface area contributed by atoms with Gasteiger partial charge in [-0.25, -0.2) is 0 Å². The Morgan fingerprint density at radius 3 is 2.52 bits per heavy atom. The van der Waals surface area contributed by atoms with Crippen LogP contribution in [0.5, 0.6) is 5.75 Å². The number of halogens is 5. The van der Waals surface area contributed by atoms with E-state index in [2.05, 4.69) is 20.4 Å². The first kappa shape index (κ1) is 20.5. The molecular weight excluding hydrogens is 438 g/mol. The molecule has 0 aliphatic heterocycles. The molecule has 2 N–H and O–H groups in total. The molecule has 0 aliphatic rings. The highest BCUT2D eigenvalue weighted by atomic mass is 127.